The molecule has 2 N–H and O–H groups in total. The molecule has 0 bridgehead atoms. The lowest BCUT2D eigenvalue weighted by Crippen LogP contribution is -2.27. The number of nitrogens with zero attached hydrogens (tertiary/aromatic N) is 2. The van der Waals surface area contributed by atoms with Crippen LogP contribution in [0.4, 0.5) is 18.9 Å². The number of hydrogen-bond donors (Lipinski definition) is 2. The third kappa shape index (κ3) is 5.74. The minimum Gasteiger partial charge on any atom is -0.390 e. The summed E-state index contributed by atoms with van der Waals surface area (Å²) in [6.07, 6.45) is -1.42. The molecule has 144 valence electrons. The SMILES string of the molecule is N#C/C(=C/NCCCN1CCCC1=O)C(=O)Nc1ccccc1C(F)(F)F. The van der Waals surface area contributed by atoms with Crippen LogP contribution in [-0.2, 0) is 15.8 Å². The maximum Gasteiger partial charge on any atom is 0.418 e. The lowest BCUT2D eigenvalue weighted by atomic mass is 10.1. The molecule has 0 unspecified atom stereocenters. The molecule has 1 aliphatic heterocycles. The van der Waals surface area contributed by atoms with Crippen molar-refractivity contribution in [1.29, 1.82) is 5.26 Å². The molecular formula is C18H19F3N4O2. The molecule has 1 heterocycles. The van der Waals surface area contributed by atoms with Crippen molar-refractivity contribution < 1.29 is 22.8 Å². The minimum atomic E-state index is -4.62. The topological polar surface area (TPSA) is 85.2 Å². The Hall–Kier alpha value is -3.02. The number of para-hydroxylation sites is 1. The van der Waals surface area contributed by atoms with Crippen molar-refractivity contribution in [2.45, 2.75) is 25.4 Å². The highest BCUT2D eigenvalue weighted by Crippen LogP contribution is 2.34. The van der Waals surface area contributed by atoms with Crippen LogP contribution in [0.1, 0.15) is 24.8 Å². The van der Waals surface area contributed by atoms with E-state index in [1.807, 2.05) is 0 Å². The lowest BCUT2D eigenvalue weighted by molar-refractivity contribution is -0.137. The largest absolute Gasteiger partial charge is 0.418 e. The summed E-state index contributed by atoms with van der Waals surface area (Å²) in [7, 11) is 0. The summed E-state index contributed by atoms with van der Waals surface area (Å²) in [5.74, 6) is -0.817. The molecule has 0 atom stereocenters. The summed E-state index contributed by atoms with van der Waals surface area (Å²) in [4.78, 5) is 25.3. The van der Waals surface area contributed by atoms with E-state index in [0.717, 1.165) is 31.3 Å². The molecule has 1 aromatic rings. The molecule has 0 saturated carbocycles. The van der Waals surface area contributed by atoms with Gasteiger partial charge in [0.25, 0.3) is 5.91 Å². The molecule has 9 heteroatoms. The average Bonchev–Trinajstić information content (AvgIpc) is 3.02. The van der Waals surface area contributed by atoms with Crippen molar-refractivity contribution in [3.63, 3.8) is 0 Å². The molecule has 2 rings (SSSR count). The number of nitrogens with one attached hydrogen (secondary N) is 2. The zero-order valence-electron chi connectivity index (χ0n) is 14.5. The number of halogens is 3. The van der Waals surface area contributed by atoms with Crippen molar-refractivity contribution in [2.75, 3.05) is 25.0 Å². The number of likely N-dealkylation sites (tertiary alicyclic amines) is 1. The summed E-state index contributed by atoms with van der Waals surface area (Å²) in [5.41, 5.74) is -1.74. The molecule has 2 amide bonds. The second kappa shape index (κ2) is 9.07. The zero-order chi connectivity index (χ0) is 19.9. The molecule has 27 heavy (non-hydrogen) atoms. The second-order valence-electron chi connectivity index (χ2n) is 5.96. The first kappa shape index (κ1) is 20.3. The lowest BCUT2D eigenvalue weighted by Gasteiger charge is -2.15. The number of nitriles is 1. The highest BCUT2D eigenvalue weighted by Gasteiger charge is 2.33. The fraction of sp³-hybridized carbons (Fsp3) is 0.389. The zero-order valence-corrected chi connectivity index (χ0v) is 14.5. The number of alkyl halides is 3. The Labute approximate surface area is 154 Å². The molecule has 0 spiro atoms. The van der Waals surface area contributed by atoms with Gasteiger partial charge < -0.3 is 15.5 Å². The minimum absolute atomic E-state index is 0.117. The molecule has 6 nitrogen and oxygen atoms in total. The standard InChI is InChI=1S/C18H19F3N4O2/c19-18(20,21)14-5-1-2-6-15(14)24-17(27)13(11-22)12-23-8-4-10-25-9-3-7-16(25)26/h1-2,5-6,12,23H,3-4,7-10H2,(H,24,27)/b13-12-. The molecular weight excluding hydrogens is 361 g/mol. The van der Waals surface area contributed by atoms with Crippen LogP contribution in [0.2, 0.25) is 0 Å². The normalized spacial score (nSPS) is 14.8. The number of carbonyl (C=O) groups excluding carboxylic acids is 2. The van der Waals surface area contributed by atoms with Crippen LogP contribution in [0.3, 0.4) is 0 Å². The van der Waals surface area contributed by atoms with Gasteiger partial charge in [0.15, 0.2) is 0 Å². The number of amides is 2. The summed E-state index contributed by atoms with van der Waals surface area (Å²) >= 11 is 0. The smallest absolute Gasteiger partial charge is 0.390 e. The predicted molar refractivity (Wildman–Crippen MR) is 92.2 cm³/mol. The number of rotatable bonds is 7. The van der Waals surface area contributed by atoms with E-state index in [1.54, 1.807) is 11.0 Å². The van der Waals surface area contributed by atoms with Gasteiger partial charge in [0.2, 0.25) is 5.91 Å². The Balaban J connectivity index is 1.89. The first-order valence-electron chi connectivity index (χ1n) is 8.42. The van der Waals surface area contributed by atoms with Gasteiger partial charge >= 0.3 is 6.18 Å². The number of benzene rings is 1. The van der Waals surface area contributed by atoms with E-state index in [2.05, 4.69) is 10.6 Å². The third-order valence-corrected chi connectivity index (χ3v) is 4.01. The first-order valence-corrected chi connectivity index (χ1v) is 8.42. The van der Waals surface area contributed by atoms with Crippen molar-refractivity contribution in [2.24, 2.45) is 0 Å². The van der Waals surface area contributed by atoms with E-state index in [1.165, 1.54) is 12.1 Å². The molecule has 0 radical (unpaired) electrons. The Kier molecular flexibility index (Phi) is 6.82. The fourth-order valence-corrected chi connectivity index (χ4v) is 2.66. The van der Waals surface area contributed by atoms with Gasteiger partial charge in [0.1, 0.15) is 11.6 Å². The van der Waals surface area contributed by atoms with Crippen LogP contribution in [-0.4, -0.2) is 36.3 Å². The van der Waals surface area contributed by atoms with Gasteiger partial charge in [0.05, 0.1) is 11.3 Å². The van der Waals surface area contributed by atoms with Crippen molar-refractivity contribution >= 4 is 17.5 Å². The van der Waals surface area contributed by atoms with Crippen LogP contribution in [0.15, 0.2) is 36.0 Å². The maximum atomic E-state index is 13.0. The van der Waals surface area contributed by atoms with E-state index in [9.17, 15) is 22.8 Å². The van der Waals surface area contributed by atoms with Gasteiger partial charge in [-0.15, -0.1) is 0 Å². The van der Waals surface area contributed by atoms with Crippen LogP contribution < -0.4 is 10.6 Å². The predicted octanol–water partition coefficient (Wildman–Crippen LogP) is 2.65. The highest BCUT2D eigenvalue weighted by molar-refractivity contribution is 6.06. The molecule has 1 aromatic carbocycles. The number of anilines is 1. The van der Waals surface area contributed by atoms with Crippen LogP contribution in [0.25, 0.3) is 0 Å². The Morgan fingerprint density at radius 3 is 2.70 bits per heavy atom. The Morgan fingerprint density at radius 2 is 2.07 bits per heavy atom. The van der Waals surface area contributed by atoms with Gasteiger partial charge in [-0.1, -0.05) is 12.1 Å². The first-order chi connectivity index (χ1) is 12.8. The van der Waals surface area contributed by atoms with Crippen LogP contribution >= 0.6 is 0 Å². The fourth-order valence-electron chi connectivity index (χ4n) is 2.66. The van der Waals surface area contributed by atoms with Gasteiger partial charge in [-0.2, -0.15) is 18.4 Å². The van der Waals surface area contributed by atoms with E-state index in [-0.39, 0.29) is 11.5 Å². The summed E-state index contributed by atoms with van der Waals surface area (Å²) < 4.78 is 38.9. The van der Waals surface area contributed by atoms with Crippen molar-refractivity contribution in [3.8, 4) is 6.07 Å². The number of hydrogen-bond acceptors (Lipinski definition) is 4. The van der Waals surface area contributed by atoms with Crippen LogP contribution in [0, 0.1) is 11.3 Å². The highest BCUT2D eigenvalue weighted by atomic mass is 19.4. The van der Waals surface area contributed by atoms with Crippen molar-refractivity contribution in [3.05, 3.63) is 41.6 Å². The second-order valence-corrected chi connectivity index (χ2v) is 5.96. The summed E-state index contributed by atoms with van der Waals surface area (Å²) in [5, 5.41) is 14.0. The summed E-state index contributed by atoms with van der Waals surface area (Å²) in [6, 6.07) is 6.21. The monoisotopic (exact) mass is 380 g/mol. The Morgan fingerprint density at radius 1 is 1.33 bits per heavy atom. The average molecular weight is 380 g/mol. The van der Waals surface area contributed by atoms with Crippen molar-refractivity contribution in [1.82, 2.24) is 10.2 Å². The van der Waals surface area contributed by atoms with Gasteiger partial charge in [-0.05, 0) is 25.0 Å². The summed E-state index contributed by atoms with van der Waals surface area (Å²) in [6.45, 7) is 1.73. The van der Waals surface area contributed by atoms with E-state index in [4.69, 9.17) is 5.26 Å². The Bertz CT molecular complexity index is 769. The molecule has 0 aliphatic carbocycles. The van der Waals surface area contributed by atoms with E-state index in [0.29, 0.717) is 25.9 Å². The molecule has 1 saturated heterocycles. The molecule has 0 aromatic heterocycles. The van der Waals surface area contributed by atoms with Gasteiger partial charge in [0, 0.05) is 32.3 Å². The van der Waals surface area contributed by atoms with Gasteiger partial charge in [-0.3, -0.25) is 9.59 Å². The number of carbonyl (C=O) groups is 2. The van der Waals surface area contributed by atoms with Crippen LogP contribution in [0.5, 0.6) is 0 Å². The molecule has 1 aliphatic rings. The quantitative estimate of drug-likeness (QED) is 0.433. The molecule has 1 fully saturated rings. The van der Waals surface area contributed by atoms with E-state index < -0.39 is 23.3 Å². The maximum absolute atomic E-state index is 13.0. The van der Waals surface area contributed by atoms with E-state index >= 15 is 0 Å². The third-order valence-electron chi connectivity index (χ3n) is 4.01. The van der Waals surface area contributed by atoms with Gasteiger partial charge in [-0.25, -0.2) is 0 Å².